The molecule has 2 aromatic rings. The Bertz CT molecular complexity index is 876. The molecule has 1 aliphatic rings. The van der Waals surface area contributed by atoms with Crippen LogP contribution in [0.15, 0.2) is 48.5 Å². The smallest absolute Gasteiger partial charge is 0.287 e. The number of aryl methyl sites for hydroxylation is 2. The summed E-state index contributed by atoms with van der Waals surface area (Å²) in [4.78, 5) is 28.1. The number of piperazine rings is 1. The van der Waals surface area contributed by atoms with Gasteiger partial charge in [-0.25, -0.2) is 0 Å². The number of rotatable bonds is 8. The van der Waals surface area contributed by atoms with Crippen molar-refractivity contribution in [3.8, 4) is 0 Å². The van der Waals surface area contributed by atoms with Crippen LogP contribution >= 0.6 is 0 Å². The summed E-state index contributed by atoms with van der Waals surface area (Å²) in [6.07, 6.45) is 0.952. The standard InChI is InChI=1S/C25H34N4O2/c1-4-12-26-23(30)18-28-13-15-29(16-14-28)24(21-8-6-5-7-9-21)25(31)27-22-17-19(2)10-11-20(22)3/h5-11,17,24H,4,12-16,18H2,1-3H3,(H,26,30)(H,27,31)/p+2/t24-/m0/s1. The lowest BCUT2D eigenvalue weighted by molar-refractivity contribution is -1.02. The molecule has 3 rings (SSSR count). The van der Waals surface area contributed by atoms with Gasteiger partial charge in [0.15, 0.2) is 12.6 Å². The molecule has 4 N–H and O–H groups in total. The molecule has 0 unspecified atom stereocenters. The summed E-state index contributed by atoms with van der Waals surface area (Å²) in [5, 5.41) is 6.15. The second-order valence-corrected chi connectivity index (χ2v) is 8.59. The number of benzene rings is 2. The Balaban J connectivity index is 1.70. The van der Waals surface area contributed by atoms with E-state index in [0.29, 0.717) is 6.54 Å². The van der Waals surface area contributed by atoms with Gasteiger partial charge in [-0.05, 0) is 37.5 Å². The van der Waals surface area contributed by atoms with Crippen molar-refractivity contribution in [3.05, 3.63) is 65.2 Å². The van der Waals surface area contributed by atoms with Crippen LogP contribution < -0.4 is 20.4 Å². The molecule has 1 aliphatic heterocycles. The molecule has 0 spiro atoms. The van der Waals surface area contributed by atoms with Gasteiger partial charge in [-0.2, -0.15) is 0 Å². The number of quaternary nitrogens is 2. The van der Waals surface area contributed by atoms with Gasteiger partial charge in [0.2, 0.25) is 0 Å². The van der Waals surface area contributed by atoms with Gasteiger partial charge < -0.3 is 20.4 Å². The molecule has 2 amide bonds. The normalized spacial score (nSPS) is 19.5. The molecule has 0 saturated carbocycles. The van der Waals surface area contributed by atoms with Crippen LogP contribution in [0.1, 0.15) is 36.1 Å². The predicted octanol–water partition coefficient (Wildman–Crippen LogP) is 0.293. The van der Waals surface area contributed by atoms with E-state index in [1.54, 1.807) is 0 Å². The summed E-state index contributed by atoms with van der Waals surface area (Å²) in [6.45, 7) is 10.8. The molecular weight excluding hydrogens is 388 g/mol. The van der Waals surface area contributed by atoms with E-state index in [0.717, 1.165) is 61.5 Å². The zero-order chi connectivity index (χ0) is 22.2. The van der Waals surface area contributed by atoms with Crippen molar-refractivity contribution in [2.75, 3.05) is 44.6 Å². The lowest BCUT2D eigenvalue weighted by Gasteiger charge is -2.34. The Morgan fingerprint density at radius 3 is 2.39 bits per heavy atom. The fraction of sp³-hybridized carbons (Fsp3) is 0.440. The largest absolute Gasteiger partial charge is 0.351 e. The zero-order valence-corrected chi connectivity index (χ0v) is 19.0. The van der Waals surface area contributed by atoms with Crippen molar-refractivity contribution in [1.82, 2.24) is 5.32 Å². The molecule has 1 atom stereocenters. The minimum absolute atomic E-state index is 0.0269. The van der Waals surface area contributed by atoms with Crippen molar-refractivity contribution >= 4 is 17.5 Å². The number of nitrogens with one attached hydrogen (secondary N) is 4. The molecule has 6 heteroatoms. The maximum Gasteiger partial charge on any atom is 0.287 e. The highest BCUT2D eigenvalue weighted by Crippen LogP contribution is 2.19. The molecule has 0 aliphatic carbocycles. The average molecular weight is 425 g/mol. The van der Waals surface area contributed by atoms with E-state index < -0.39 is 0 Å². The minimum Gasteiger partial charge on any atom is -0.351 e. The van der Waals surface area contributed by atoms with Crippen LogP contribution in [0.5, 0.6) is 0 Å². The topological polar surface area (TPSA) is 67.1 Å². The minimum atomic E-state index is -0.267. The SMILES string of the molecule is CCCNC(=O)C[NH+]1CC[NH+]([C@H](C(=O)Nc2cc(C)ccc2C)c2ccccc2)CC1. The van der Waals surface area contributed by atoms with Gasteiger partial charge in [-0.15, -0.1) is 0 Å². The van der Waals surface area contributed by atoms with Crippen LogP contribution in [-0.2, 0) is 9.59 Å². The van der Waals surface area contributed by atoms with Crippen LogP contribution in [0.3, 0.4) is 0 Å². The summed E-state index contributed by atoms with van der Waals surface area (Å²) in [5.74, 6) is 0.145. The molecule has 0 radical (unpaired) electrons. The van der Waals surface area contributed by atoms with E-state index in [4.69, 9.17) is 0 Å². The number of carbonyl (C=O) groups is 2. The summed E-state index contributed by atoms with van der Waals surface area (Å²) in [5.41, 5.74) is 4.10. The van der Waals surface area contributed by atoms with Gasteiger partial charge in [-0.3, -0.25) is 9.59 Å². The lowest BCUT2D eigenvalue weighted by atomic mass is 10.0. The summed E-state index contributed by atoms with van der Waals surface area (Å²) in [7, 11) is 0. The van der Waals surface area contributed by atoms with Crippen LogP contribution in [-0.4, -0.2) is 51.1 Å². The molecule has 1 heterocycles. The number of amides is 2. The van der Waals surface area contributed by atoms with E-state index in [1.165, 1.54) is 9.80 Å². The van der Waals surface area contributed by atoms with Crippen LogP contribution in [0.2, 0.25) is 0 Å². The first kappa shape index (κ1) is 23.0. The third kappa shape index (κ3) is 6.39. The van der Waals surface area contributed by atoms with E-state index in [1.807, 2.05) is 56.3 Å². The highest BCUT2D eigenvalue weighted by Gasteiger charge is 2.36. The molecule has 166 valence electrons. The fourth-order valence-electron chi connectivity index (χ4n) is 4.24. The monoisotopic (exact) mass is 424 g/mol. The van der Waals surface area contributed by atoms with Crippen molar-refractivity contribution in [3.63, 3.8) is 0 Å². The third-order valence-corrected chi connectivity index (χ3v) is 6.04. The first-order valence-electron chi connectivity index (χ1n) is 11.4. The summed E-state index contributed by atoms with van der Waals surface area (Å²) in [6, 6.07) is 15.9. The van der Waals surface area contributed by atoms with E-state index in [-0.39, 0.29) is 17.9 Å². The number of anilines is 1. The van der Waals surface area contributed by atoms with Gasteiger partial charge in [-0.1, -0.05) is 49.4 Å². The van der Waals surface area contributed by atoms with Gasteiger partial charge in [0.1, 0.15) is 26.2 Å². The van der Waals surface area contributed by atoms with Gasteiger partial charge >= 0.3 is 0 Å². The second kappa shape index (κ2) is 11.1. The fourth-order valence-corrected chi connectivity index (χ4v) is 4.24. The maximum atomic E-state index is 13.5. The van der Waals surface area contributed by atoms with Crippen molar-refractivity contribution in [2.24, 2.45) is 0 Å². The van der Waals surface area contributed by atoms with Crippen LogP contribution in [0.4, 0.5) is 5.69 Å². The molecule has 0 bridgehead atoms. The zero-order valence-electron chi connectivity index (χ0n) is 19.0. The first-order valence-corrected chi connectivity index (χ1v) is 11.4. The Morgan fingerprint density at radius 1 is 1.00 bits per heavy atom. The van der Waals surface area contributed by atoms with Crippen molar-refractivity contribution in [2.45, 2.75) is 33.2 Å². The van der Waals surface area contributed by atoms with Crippen molar-refractivity contribution in [1.29, 1.82) is 0 Å². The number of carbonyl (C=O) groups excluding carboxylic acids is 2. The number of hydrogen-bond acceptors (Lipinski definition) is 2. The highest BCUT2D eigenvalue weighted by molar-refractivity contribution is 5.95. The molecule has 1 saturated heterocycles. The highest BCUT2D eigenvalue weighted by atomic mass is 16.2. The second-order valence-electron chi connectivity index (χ2n) is 8.59. The molecule has 1 fully saturated rings. The Kier molecular flexibility index (Phi) is 8.20. The predicted molar refractivity (Wildman–Crippen MR) is 123 cm³/mol. The molecule has 6 nitrogen and oxygen atoms in total. The quantitative estimate of drug-likeness (QED) is 0.492. The molecule has 2 aromatic carbocycles. The number of hydrogen-bond donors (Lipinski definition) is 4. The average Bonchev–Trinajstić information content (AvgIpc) is 2.77. The summed E-state index contributed by atoms with van der Waals surface area (Å²) < 4.78 is 0. The van der Waals surface area contributed by atoms with E-state index in [9.17, 15) is 9.59 Å². The first-order chi connectivity index (χ1) is 15.0. The Hall–Kier alpha value is -2.70. The Labute approximate surface area is 185 Å². The van der Waals surface area contributed by atoms with E-state index in [2.05, 4.69) is 23.6 Å². The third-order valence-electron chi connectivity index (χ3n) is 6.04. The van der Waals surface area contributed by atoms with Crippen LogP contribution in [0.25, 0.3) is 0 Å². The van der Waals surface area contributed by atoms with Crippen LogP contribution in [0, 0.1) is 13.8 Å². The van der Waals surface area contributed by atoms with Gasteiger partial charge in [0.25, 0.3) is 11.8 Å². The molecule has 0 aromatic heterocycles. The summed E-state index contributed by atoms with van der Waals surface area (Å²) >= 11 is 0. The Morgan fingerprint density at radius 2 is 1.71 bits per heavy atom. The lowest BCUT2D eigenvalue weighted by Crippen LogP contribution is -3.28. The van der Waals surface area contributed by atoms with Gasteiger partial charge in [0.05, 0.1) is 0 Å². The molecule has 31 heavy (non-hydrogen) atoms. The molecular formula is C25H36N4O2+2. The van der Waals surface area contributed by atoms with E-state index >= 15 is 0 Å². The maximum absolute atomic E-state index is 13.5. The van der Waals surface area contributed by atoms with Crippen molar-refractivity contribution < 1.29 is 19.4 Å². The van der Waals surface area contributed by atoms with Gasteiger partial charge in [0, 0.05) is 17.8 Å².